The minimum absolute atomic E-state index is 0.0322. The van der Waals surface area contributed by atoms with E-state index in [1.807, 2.05) is 0 Å². The van der Waals surface area contributed by atoms with Crippen LogP contribution in [-0.4, -0.2) is 28.7 Å². The highest BCUT2D eigenvalue weighted by atomic mass is 35.5. The Hall–Kier alpha value is -3.04. The van der Waals surface area contributed by atoms with Crippen molar-refractivity contribution in [1.29, 1.82) is 0 Å². The van der Waals surface area contributed by atoms with Gasteiger partial charge in [0.15, 0.2) is 0 Å². The highest BCUT2D eigenvalue weighted by Crippen LogP contribution is 2.34. The first-order valence-corrected chi connectivity index (χ1v) is 11.6. The van der Waals surface area contributed by atoms with Crippen molar-refractivity contribution in [2.45, 2.75) is 44.3 Å². The summed E-state index contributed by atoms with van der Waals surface area (Å²) in [6.07, 6.45) is -0.143. The van der Waals surface area contributed by atoms with Gasteiger partial charge < -0.3 is 10.6 Å². The lowest BCUT2D eigenvalue weighted by molar-refractivity contribution is -0.141. The Labute approximate surface area is 209 Å². The summed E-state index contributed by atoms with van der Waals surface area (Å²) >= 11 is 12.1. The smallest absolute Gasteiger partial charge is 0.350 e. The Morgan fingerprint density at radius 3 is 2.23 bits per heavy atom. The van der Waals surface area contributed by atoms with Gasteiger partial charge in [0.2, 0.25) is 0 Å². The number of carbonyl (C=O) groups excluding carboxylic acids is 3. The van der Waals surface area contributed by atoms with Gasteiger partial charge in [0.1, 0.15) is 10.7 Å². The Morgan fingerprint density at radius 2 is 1.60 bits per heavy atom. The Bertz CT molecular complexity index is 1210. The van der Waals surface area contributed by atoms with Crippen molar-refractivity contribution in [3.8, 4) is 0 Å². The molecular weight excluding hydrogens is 506 g/mol. The third-order valence-corrected chi connectivity index (χ3v) is 6.64. The van der Waals surface area contributed by atoms with Gasteiger partial charge in [0, 0.05) is 17.3 Å². The molecule has 1 aliphatic carbocycles. The zero-order chi connectivity index (χ0) is 25.3. The van der Waals surface area contributed by atoms with Crippen molar-refractivity contribution in [3.63, 3.8) is 0 Å². The molecule has 184 valence electrons. The minimum atomic E-state index is -4.58. The summed E-state index contributed by atoms with van der Waals surface area (Å²) in [4.78, 5) is 39.2. The molecule has 2 aromatic carbocycles. The second kappa shape index (κ2) is 9.91. The van der Waals surface area contributed by atoms with Crippen molar-refractivity contribution in [2.24, 2.45) is 0 Å². The van der Waals surface area contributed by atoms with Crippen molar-refractivity contribution in [1.82, 2.24) is 4.90 Å². The van der Waals surface area contributed by atoms with Crippen LogP contribution in [-0.2, 0) is 15.8 Å². The number of halogens is 5. The highest BCUT2D eigenvalue weighted by molar-refractivity contribution is 6.48. The predicted molar refractivity (Wildman–Crippen MR) is 126 cm³/mol. The average Bonchev–Trinajstić information content (AvgIpc) is 3.03. The Balaban J connectivity index is 1.45. The van der Waals surface area contributed by atoms with E-state index < -0.39 is 29.5 Å². The summed E-state index contributed by atoms with van der Waals surface area (Å²) in [5.74, 6) is -1.70. The maximum absolute atomic E-state index is 13.0. The van der Waals surface area contributed by atoms with Gasteiger partial charge in [-0.1, -0.05) is 42.5 Å². The molecule has 0 bridgehead atoms. The molecule has 1 heterocycles. The van der Waals surface area contributed by atoms with E-state index in [1.165, 1.54) is 29.2 Å². The molecule has 11 heteroatoms. The van der Waals surface area contributed by atoms with Crippen molar-refractivity contribution < 1.29 is 27.6 Å². The monoisotopic (exact) mass is 525 g/mol. The molecule has 1 fully saturated rings. The molecular formula is C24H20Cl2F3N3O3. The number of nitrogens with zero attached hydrogens (tertiary/aromatic N) is 1. The summed E-state index contributed by atoms with van der Waals surface area (Å²) in [6, 6.07) is 8.25. The maximum atomic E-state index is 13.0. The van der Waals surface area contributed by atoms with Crippen molar-refractivity contribution >= 4 is 52.3 Å². The number of benzene rings is 2. The second-order valence-corrected chi connectivity index (χ2v) is 9.10. The van der Waals surface area contributed by atoms with Crippen LogP contribution in [0.1, 0.15) is 48.0 Å². The number of hydrogen-bond acceptors (Lipinski definition) is 4. The molecule has 3 amide bonds. The molecule has 2 aliphatic rings. The molecule has 2 N–H and O–H groups in total. The number of alkyl halides is 3. The zero-order valence-electron chi connectivity index (χ0n) is 18.2. The van der Waals surface area contributed by atoms with E-state index in [0.717, 1.165) is 50.3 Å². The Kier molecular flexibility index (Phi) is 7.10. The Morgan fingerprint density at radius 1 is 0.943 bits per heavy atom. The number of carbonyl (C=O) groups is 3. The van der Waals surface area contributed by atoms with E-state index in [9.17, 15) is 27.6 Å². The number of imide groups is 1. The van der Waals surface area contributed by atoms with Crippen LogP contribution in [0.5, 0.6) is 0 Å². The lowest BCUT2D eigenvalue weighted by Crippen LogP contribution is -2.42. The third kappa shape index (κ3) is 5.31. The molecule has 35 heavy (non-hydrogen) atoms. The van der Waals surface area contributed by atoms with Crippen LogP contribution in [0.25, 0.3) is 0 Å². The lowest BCUT2D eigenvalue weighted by Gasteiger charge is -2.29. The largest absolute Gasteiger partial charge is 0.416 e. The first-order valence-electron chi connectivity index (χ1n) is 10.9. The molecule has 1 saturated carbocycles. The number of anilines is 2. The summed E-state index contributed by atoms with van der Waals surface area (Å²) < 4.78 is 38.9. The summed E-state index contributed by atoms with van der Waals surface area (Å²) in [6.45, 7) is 0. The summed E-state index contributed by atoms with van der Waals surface area (Å²) in [5, 5.41) is 4.98. The fourth-order valence-electron chi connectivity index (χ4n) is 4.14. The normalized spacial score (nSPS) is 17.2. The van der Waals surface area contributed by atoms with Gasteiger partial charge in [0.05, 0.1) is 16.3 Å². The molecule has 0 spiro atoms. The molecule has 4 rings (SSSR count). The average molecular weight is 526 g/mol. The van der Waals surface area contributed by atoms with Crippen LogP contribution in [0.2, 0.25) is 5.02 Å². The van der Waals surface area contributed by atoms with Crippen molar-refractivity contribution in [3.05, 3.63) is 69.3 Å². The number of rotatable bonds is 5. The zero-order valence-corrected chi connectivity index (χ0v) is 19.7. The van der Waals surface area contributed by atoms with Gasteiger partial charge in [-0.3, -0.25) is 19.3 Å². The first-order chi connectivity index (χ1) is 16.6. The minimum Gasteiger partial charge on any atom is -0.350 e. The topological polar surface area (TPSA) is 78.5 Å². The number of hydrogen-bond donors (Lipinski definition) is 2. The molecule has 6 nitrogen and oxygen atoms in total. The number of nitrogens with one attached hydrogen (secondary N) is 2. The van der Waals surface area contributed by atoms with E-state index in [-0.39, 0.29) is 33.0 Å². The molecule has 0 saturated heterocycles. The molecule has 0 atom stereocenters. The molecule has 2 aromatic rings. The van der Waals surface area contributed by atoms with Gasteiger partial charge in [-0.05, 0) is 55.3 Å². The van der Waals surface area contributed by atoms with Crippen LogP contribution < -0.4 is 10.6 Å². The fraction of sp³-hybridized carbons (Fsp3) is 0.292. The van der Waals surface area contributed by atoms with Crippen LogP contribution in [0.3, 0.4) is 0 Å². The fourth-order valence-corrected chi connectivity index (χ4v) is 4.52. The quantitative estimate of drug-likeness (QED) is 0.457. The highest BCUT2D eigenvalue weighted by Gasteiger charge is 2.42. The van der Waals surface area contributed by atoms with E-state index >= 15 is 0 Å². The van der Waals surface area contributed by atoms with Crippen LogP contribution in [0.4, 0.5) is 24.5 Å². The van der Waals surface area contributed by atoms with E-state index in [1.54, 1.807) is 0 Å². The maximum Gasteiger partial charge on any atom is 0.416 e. The molecule has 0 aromatic heterocycles. The van der Waals surface area contributed by atoms with Crippen molar-refractivity contribution in [2.75, 3.05) is 10.6 Å². The predicted octanol–water partition coefficient (Wildman–Crippen LogP) is 6.17. The van der Waals surface area contributed by atoms with Gasteiger partial charge >= 0.3 is 6.18 Å². The van der Waals surface area contributed by atoms with Crippen LogP contribution in [0.15, 0.2) is 53.2 Å². The summed E-state index contributed by atoms with van der Waals surface area (Å²) in [5.41, 5.74) is -0.612. The van der Waals surface area contributed by atoms with E-state index in [0.29, 0.717) is 5.69 Å². The molecule has 1 aliphatic heterocycles. The standard InChI is InChI=1S/C24H20Cl2F3N3O3/c25-17-11-8-14(24(27,28)29)12-18(17)31-21(33)13-6-9-15(10-7-13)30-20-19(26)22(34)32(23(20)35)16-4-2-1-3-5-16/h6-12,16,30H,1-5H2,(H,31,33). The van der Waals surface area contributed by atoms with Gasteiger partial charge in [-0.25, -0.2) is 0 Å². The lowest BCUT2D eigenvalue weighted by atomic mass is 9.94. The van der Waals surface area contributed by atoms with E-state index in [2.05, 4.69) is 10.6 Å². The summed E-state index contributed by atoms with van der Waals surface area (Å²) in [7, 11) is 0. The SMILES string of the molecule is O=C(Nc1cc(C(F)(F)F)ccc1Cl)c1ccc(NC2=C(Cl)C(=O)N(C3CCCCC3)C2=O)cc1. The molecule has 0 radical (unpaired) electrons. The van der Waals surface area contributed by atoms with Gasteiger partial charge in [-0.2, -0.15) is 13.2 Å². The molecule has 0 unspecified atom stereocenters. The third-order valence-electron chi connectivity index (χ3n) is 5.96. The second-order valence-electron chi connectivity index (χ2n) is 8.31. The van der Waals surface area contributed by atoms with Crippen LogP contribution >= 0.6 is 23.2 Å². The van der Waals surface area contributed by atoms with Crippen LogP contribution in [0, 0.1) is 0 Å². The number of amides is 3. The van der Waals surface area contributed by atoms with Gasteiger partial charge in [-0.15, -0.1) is 0 Å². The van der Waals surface area contributed by atoms with Gasteiger partial charge in [0.25, 0.3) is 17.7 Å². The first kappa shape index (κ1) is 25.1. The van der Waals surface area contributed by atoms with E-state index in [4.69, 9.17) is 23.2 Å².